The highest BCUT2D eigenvalue weighted by Gasteiger charge is 2.03. The Morgan fingerprint density at radius 3 is 2.41 bits per heavy atom. The minimum absolute atomic E-state index is 0.0568. The average Bonchev–Trinajstić information content (AvgIpc) is 2.55. The zero-order valence-electron chi connectivity index (χ0n) is 12.8. The van der Waals surface area contributed by atoms with Gasteiger partial charge in [-0.1, -0.05) is 18.2 Å². The molecule has 5 heteroatoms. The summed E-state index contributed by atoms with van der Waals surface area (Å²) in [5.74, 6) is 1.98. The molecule has 0 aliphatic carbocycles. The largest absolute Gasteiger partial charge is 0.497 e. The van der Waals surface area contributed by atoms with Crippen LogP contribution in [0, 0.1) is 0 Å². The van der Waals surface area contributed by atoms with E-state index >= 15 is 0 Å². The Hall–Kier alpha value is -2.69. The van der Waals surface area contributed by atoms with E-state index in [0.29, 0.717) is 12.5 Å². The number of aliphatic imine (C=N–C) groups is 1. The zero-order valence-corrected chi connectivity index (χ0v) is 12.8. The van der Waals surface area contributed by atoms with E-state index in [1.54, 1.807) is 7.11 Å². The lowest BCUT2D eigenvalue weighted by Crippen LogP contribution is -2.25. The fourth-order valence-electron chi connectivity index (χ4n) is 1.86. The van der Waals surface area contributed by atoms with Crippen molar-refractivity contribution < 1.29 is 9.47 Å². The molecule has 0 amide bonds. The van der Waals surface area contributed by atoms with E-state index in [-0.39, 0.29) is 6.10 Å². The zero-order chi connectivity index (χ0) is 15.8. The topological polar surface area (TPSA) is 68.9 Å². The molecule has 0 aliphatic rings. The first kappa shape index (κ1) is 15.7. The van der Waals surface area contributed by atoms with Crippen LogP contribution in [0.3, 0.4) is 0 Å². The summed E-state index contributed by atoms with van der Waals surface area (Å²) in [4.78, 5) is 4.29. The van der Waals surface area contributed by atoms with E-state index < -0.39 is 0 Å². The molecule has 2 aromatic rings. The third-order valence-electron chi connectivity index (χ3n) is 2.96. The monoisotopic (exact) mass is 299 g/mol. The third kappa shape index (κ3) is 5.01. The van der Waals surface area contributed by atoms with Crippen LogP contribution in [0.2, 0.25) is 0 Å². The second kappa shape index (κ2) is 7.93. The van der Waals surface area contributed by atoms with Gasteiger partial charge in [-0.15, -0.1) is 0 Å². The summed E-state index contributed by atoms with van der Waals surface area (Å²) in [6, 6.07) is 17.1. The maximum absolute atomic E-state index is 5.87. The number of rotatable bonds is 6. The van der Waals surface area contributed by atoms with Gasteiger partial charge in [-0.25, -0.2) is 4.99 Å². The fraction of sp³-hybridized carbons (Fsp3) is 0.235. The maximum Gasteiger partial charge on any atom is 0.193 e. The van der Waals surface area contributed by atoms with Crippen molar-refractivity contribution in [3.05, 3.63) is 54.6 Å². The molecule has 2 rings (SSSR count). The van der Waals surface area contributed by atoms with Crippen LogP contribution in [0.15, 0.2) is 59.6 Å². The third-order valence-corrected chi connectivity index (χ3v) is 2.96. The second-order valence-corrected chi connectivity index (χ2v) is 4.82. The molecular formula is C17H21N3O2. The summed E-state index contributed by atoms with van der Waals surface area (Å²) < 4.78 is 10.8. The van der Waals surface area contributed by atoms with Crippen LogP contribution in [0.1, 0.15) is 6.92 Å². The number of nitrogens with two attached hydrogens (primary N) is 1. The molecular weight excluding hydrogens is 278 g/mol. The Balaban J connectivity index is 1.83. The molecule has 22 heavy (non-hydrogen) atoms. The lowest BCUT2D eigenvalue weighted by molar-refractivity contribution is 0.230. The van der Waals surface area contributed by atoms with Crippen LogP contribution < -0.4 is 20.5 Å². The molecule has 0 heterocycles. The number of methoxy groups -OCH3 is 1. The molecule has 5 nitrogen and oxygen atoms in total. The van der Waals surface area contributed by atoms with Gasteiger partial charge in [0.25, 0.3) is 0 Å². The molecule has 1 unspecified atom stereocenters. The van der Waals surface area contributed by atoms with E-state index in [1.807, 2.05) is 61.5 Å². The quantitative estimate of drug-likeness (QED) is 0.635. The maximum atomic E-state index is 5.87. The lowest BCUT2D eigenvalue weighted by atomic mass is 10.3. The molecule has 0 bridgehead atoms. The molecule has 116 valence electrons. The van der Waals surface area contributed by atoms with Gasteiger partial charge in [-0.2, -0.15) is 0 Å². The molecule has 3 N–H and O–H groups in total. The van der Waals surface area contributed by atoms with Crippen molar-refractivity contribution in [2.24, 2.45) is 10.7 Å². The van der Waals surface area contributed by atoms with Crippen LogP contribution in [0.4, 0.5) is 5.69 Å². The molecule has 0 spiro atoms. The van der Waals surface area contributed by atoms with Gasteiger partial charge in [0.1, 0.15) is 17.6 Å². The number of guanidine groups is 1. The first-order valence-electron chi connectivity index (χ1n) is 7.10. The standard InChI is InChI=1S/C17H21N3O2/c1-13(22-16-6-4-3-5-7-16)12-19-17(18)20-14-8-10-15(21-2)11-9-14/h3-11,13H,12H2,1-2H3,(H3,18,19,20). The van der Waals surface area contributed by atoms with Crippen LogP contribution in [-0.2, 0) is 0 Å². The van der Waals surface area contributed by atoms with E-state index in [1.165, 1.54) is 0 Å². The fourth-order valence-corrected chi connectivity index (χ4v) is 1.86. The Morgan fingerprint density at radius 1 is 1.09 bits per heavy atom. The van der Waals surface area contributed by atoms with Gasteiger partial charge in [0, 0.05) is 5.69 Å². The molecule has 0 aromatic heterocycles. The number of anilines is 1. The van der Waals surface area contributed by atoms with Gasteiger partial charge in [0.05, 0.1) is 13.7 Å². The summed E-state index contributed by atoms with van der Waals surface area (Å²) in [7, 11) is 1.63. The predicted molar refractivity (Wildman–Crippen MR) is 89.6 cm³/mol. The van der Waals surface area contributed by atoms with E-state index in [0.717, 1.165) is 17.2 Å². The van der Waals surface area contributed by atoms with Gasteiger partial charge in [0.15, 0.2) is 5.96 Å². The van der Waals surface area contributed by atoms with Crippen molar-refractivity contribution in [3.63, 3.8) is 0 Å². The van der Waals surface area contributed by atoms with Gasteiger partial charge < -0.3 is 20.5 Å². The predicted octanol–water partition coefficient (Wildman–Crippen LogP) is 2.89. The highest BCUT2D eigenvalue weighted by molar-refractivity contribution is 5.92. The Bertz CT molecular complexity index is 597. The number of hydrogen-bond acceptors (Lipinski definition) is 3. The van der Waals surface area contributed by atoms with Crippen molar-refractivity contribution in [3.8, 4) is 11.5 Å². The SMILES string of the molecule is COc1ccc(NC(N)=NCC(C)Oc2ccccc2)cc1. The number of nitrogens with zero attached hydrogens (tertiary/aromatic N) is 1. The van der Waals surface area contributed by atoms with Gasteiger partial charge in [0.2, 0.25) is 0 Å². The highest BCUT2D eigenvalue weighted by atomic mass is 16.5. The molecule has 0 aliphatic heterocycles. The first-order chi connectivity index (χ1) is 10.7. The van der Waals surface area contributed by atoms with Crippen molar-refractivity contribution >= 4 is 11.6 Å². The van der Waals surface area contributed by atoms with Crippen LogP contribution in [0.5, 0.6) is 11.5 Å². The van der Waals surface area contributed by atoms with E-state index in [4.69, 9.17) is 15.2 Å². The van der Waals surface area contributed by atoms with Crippen LogP contribution in [0.25, 0.3) is 0 Å². The van der Waals surface area contributed by atoms with Gasteiger partial charge in [-0.05, 0) is 43.3 Å². The van der Waals surface area contributed by atoms with E-state index in [9.17, 15) is 0 Å². The number of nitrogens with one attached hydrogen (secondary N) is 1. The molecule has 0 saturated heterocycles. The minimum Gasteiger partial charge on any atom is -0.497 e. The molecule has 2 aromatic carbocycles. The smallest absolute Gasteiger partial charge is 0.193 e. The van der Waals surface area contributed by atoms with Crippen LogP contribution >= 0.6 is 0 Å². The lowest BCUT2D eigenvalue weighted by Gasteiger charge is -2.13. The average molecular weight is 299 g/mol. The molecule has 0 saturated carbocycles. The number of hydrogen-bond donors (Lipinski definition) is 2. The minimum atomic E-state index is -0.0568. The van der Waals surface area contributed by atoms with Crippen LogP contribution in [-0.4, -0.2) is 25.7 Å². The molecule has 1 atom stereocenters. The van der Waals surface area contributed by atoms with Crippen molar-refractivity contribution in [1.29, 1.82) is 0 Å². The van der Waals surface area contributed by atoms with Crippen molar-refractivity contribution in [2.75, 3.05) is 19.0 Å². The second-order valence-electron chi connectivity index (χ2n) is 4.82. The summed E-state index contributed by atoms with van der Waals surface area (Å²) in [6.45, 7) is 2.43. The summed E-state index contributed by atoms with van der Waals surface area (Å²) in [6.07, 6.45) is -0.0568. The van der Waals surface area contributed by atoms with Gasteiger partial charge >= 0.3 is 0 Å². The summed E-state index contributed by atoms with van der Waals surface area (Å²) >= 11 is 0. The number of benzene rings is 2. The first-order valence-corrected chi connectivity index (χ1v) is 7.10. The van der Waals surface area contributed by atoms with Gasteiger partial charge in [-0.3, -0.25) is 0 Å². The summed E-state index contributed by atoms with van der Waals surface area (Å²) in [5, 5.41) is 3.03. The molecule has 0 fully saturated rings. The Labute approximate surface area is 130 Å². The Kier molecular flexibility index (Phi) is 5.65. The molecule has 0 radical (unpaired) electrons. The van der Waals surface area contributed by atoms with Crippen molar-refractivity contribution in [2.45, 2.75) is 13.0 Å². The normalized spacial score (nSPS) is 12.5. The Morgan fingerprint density at radius 2 is 1.77 bits per heavy atom. The highest BCUT2D eigenvalue weighted by Crippen LogP contribution is 2.14. The summed E-state index contributed by atoms with van der Waals surface area (Å²) in [5.41, 5.74) is 6.73. The number of para-hydroxylation sites is 1. The van der Waals surface area contributed by atoms with E-state index in [2.05, 4.69) is 10.3 Å². The number of ether oxygens (including phenoxy) is 2. The van der Waals surface area contributed by atoms with Crippen molar-refractivity contribution in [1.82, 2.24) is 0 Å².